The van der Waals surface area contributed by atoms with E-state index in [-0.39, 0.29) is 0 Å². The molecule has 6 nitrogen and oxygen atoms in total. The molecule has 6 aromatic rings. The molecule has 0 unspecified atom stereocenters. The summed E-state index contributed by atoms with van der Waals surface area (Å²) >= 11 is 0. The third-order valence-corrected chi connectivity index (χ3v) is 9.76. The third-order valence-electron chi connectivity index (χ3n) is 9.76. The lowest BCUT2D eigenvalue weighted by molar-refractivity contribution is 0.0723. The van der Waals surface area contributed by atoms with Crippen molar-refractivity contribution >= 4 is 33.5 Å². The lowest BCUT2D eigenvalue weighted by atomic mass is 9.92. The molecule has 0 fully saturated rings. The van der Waals surface area contributed by atoms with E-state index in [9.17, 15) is 9.59 Å². The number of esters is 2. The van der Waals surface area contributed by atoms with Gasteiger partial charge in [0.2, 0.25) is 0 Å². The normalized spacial score (nSPS) is 10.9. The predicted molar refractivity (Wildman–Crippen MR) is 227 cm³/mol. The van der Waals surface area contributed by atoms with Crippen LogP contribution in [-0.2, 0) is 0 Å². The summed E-state index contributed by atoms with van der Waals surface area (Å²) in [6.07, 6.45) is 14.7. The van der Waals surface area contributed by atoms with Crippen LogP contribution < -0.4 is 18.9 Å². The molecule has 6 heteroatoms. The smallest absolute Gasteiger partial charge is 0.343 e. The number of rotatable bonds is 21. The Morgan fingerprint density at radius 1 is 0.446 bits per heavy atom. The summed E-state index contributed by atoms with van der Waals surface area (Å²) in [7, 11) is 0. The second-order valence-corrected chi connectivity index (χ2v) is 13.8. The summed E-state index contributed by atoms with van der Waals surface area (Å²) in [6, 6.07) is 37.3. The number of benzene rings is 6. The van der Waals surface area contributed by atoms with Crippen LogP contribution in [0.5, 0.6) is 23.0 Å². The van der Waals surface area contributed by atoms with E-state index in [1.54, 1.807) is 60.7 Å². The fraction of sp³-hybridized carbons (Fsp3) is 0.240. The van der Waals surface area contributed by atoms with Crippen molar-refractivity contribution in [3.8, 4) is 34.1 Å². The zero-order valence-corrected chi connectivity index (χ0v) is 32.1. The van der Waals surface area contributed by atoms with Crippen molar-refractivity contribution in [2.45, 2.75) is 64.2 Å². The monoisotopic (exact) mass is 746 g/mol. The molecule has 0 saturated heterocycles. The molecule has 286 valence electrons. The van der Waals surface area contributed by atoms with Crippen LogP contribution in [0.4, 0.5) is 0 Å². The number of hydrogen-bond donors (Lipinski definition) is 0. The van der Waals surface area contributed by atoms with E-state index in [1.165, 1.54) is 0 Å². The zero-order chi connectivity index (χ0) is 39.0. The van der Waals surface area contributed by atoms with Crippen molar-refractivity contribution in [2.24, 2.45) is 0 Å². The Morgan fingerprint density at radius 2 is 0.839 bits per heavy atom. The minimum absolute atomic E-state index is 0.348. The maximum absolute atomic E-state index is 13.7. The molecule has 0 radical (unpaired) electrons. The summed E-state index contributed by atoms with van der Waals surface area (Å²) in [5.74, 6) is 1.08. The molecular weight excluding hydrogens is 697 g/mol. The summed E-state index contributed by atoms with van der Waals surface area (Å²) < 4.78 is 24.3. The Morgan fingerprint density at radius 3 is 1.25 bits per heavy atom. The molecule has 0 N–H and O–H groups in total. The van der Waals surface area contributed by atoms with Gasteiger partial charge in [0.05, 0.1) is 24.3 Å². The van der Waals surface area contributed by atoms with E-state index >= 15 is 0 Å². The van der Waals surface area contributed by atoms with Crippen molar-refractivity contribution in [3.63, 3.8) is 0 Å². The topological polar surface area (TPSA) is 71.1 Å². The number of fused-ring (bicyclic) bond motifs is 2. The van der Waals surface area contributed by atoms with Gasteiger partial charge in [-0.25, -0.2) is 9.59 Å². The number of unbranched alkanes of at least 4 members (excludes halogenated alkanes) is 8. The molecule has 0 amide bonds. The Bertz CT molecular complexity index is 2080. The first-order chi connectivity index (χ1) is 27.6. The molecule has 0 aromatic heterocycles. The summed E-state index contributed by atoms with van der Waals surface area (Å²) in [6.45, 7) is 8.79. The van der Waals surface area contributed by atoms with Gasteiger partial charge in [-0.3, -0.25) is 0 Å². The van der Waals surface area contributed by atoms with Gasteiger partial charge in [-0.1, -0.05) is 98.5 Å². The van der Waals surface area contributed by atoms with Gasteiger partial charge in [0.25, 0.3) is 0 Å². The SMILES string of the molecule is C=CCCCCCCOc1ccc(C(=O)Oc2ccc3ccccc3c2-c2c(OC(=O)c3ccc(OCCCCCCC=C)cc3)ccc3ccccc23)cc1. The quantitative estimate of drug-likeness (QED) is 0.0316. The van der Waals surface area contributed by atoms with Gasteiger partial charge in [-0.05, 0) is 121 Å². The van der Waals surface area contributed by atoms with E-state index in [0.29, 0.717) is 58.5 Å². The van der Waals surface area contributed by atoms with E-state index in [1.807, 2.05) is 72.8 Å². The molecule has 0 atom stereocenters. The largest absolute Gasteiger partial charge is 0.494 e. The zero-order valence-electron chi connectivity index (χ0n) is 32.1. The number of allylic oxidation sites excluding steroid dienone is 2. The van der Waals surface area contributed by atoms with Crippen LogP contribution in [0.15, 0.2) is 147 Å². The maximum Gasteiger partial charge on any atom is 0.343 e. The first-order valence-corrected chi connectivity index (χ1v) is 19.7. The maximum atomic E-state index is 13.7. The predicted octanol–water partition coefficient (Wildman–Crippen LogP) is 13.1. The second kappa shape index (κ2) is 20.5. The number of carbonyl (C=O) groups is 2. The first kappa shape index (κ1) is 39.6. The summed E-state index contributed by atoms with van der Waals surface area (Å²) in [4.78, 5) is 27.5. The van der Waals surface area contributed by atoms with Gasteiger partial charge in [0, 0.05) is 11.1 Å². The Hall–Kier alpha value is -6.14. The molecule has 56 heavy (non-hydrogen) atoms. The van der Waals surface area contributed by atoms with Crippen LogP contribution in [0, 0.1) is 0 Å². The van der Waals surface area contributed by atoms with Crippen molar-refractivity contribution in [3.05, 3.63) is 158 Å². The number of hydrogen-bond acceptors (Lipinski definition) is 6. The number of ether oxygens (including phenoxy) is 4. The van der Waals surface area contributed by atoms with Crippen molar-refractivity contribution < 1.29 is 28.5 Å². The van der Waals surface area contributed by atoms with E-state index < -0.39 is 11.9 Å². The van der Waals surface area contributed by atoms with Gasteiger partial charge in [-0.15, -0.1) is 13.2 Å². The van der Waals surface area contributed by atoms with Crippen molar-refractivity contribution in [2.75, 3.05) is 13.2 Å². The standard InChI is InChI=1S/C50H50O6/c1-3-5-7-9-11-17-35-53-41-29-23-39(24-30-41)49(51)55-45-33-27-37-19-13-15-21-43(37)47(45)48-44-22-16-14-20-38(44)28-34-46(48)56-50(52)40-25-31-42(32-26-40)54-36-18-12-10-8-6-4-2/h3-4,13-16,19-34H,1-2,5-12,17-18,35-36H2. The van der Waals surface area contributed by atoms with Gasteiger partial charge in [0.15, 0.2) is 0 Å². The highest BCUT2D eigenvalue weighted by Gasteiger charge is 2.23. The van der Waals surface area contributed by atoms with Crippen LogP contribution in [0.1, 0.15) is 84.9 Å². The Balaban J connectivity index is 1.23. The van der Waals surface area contributed by atoms with Crippen LogP contribution in [-0.4, -0.2) is 25.2 Å². The third kappa shape index (κ3) is 10.5. The molecule has 0 aliphatic heterocycles. The lowest BCUT2D eigenvalue weighted by Gasteiger charge is -2.19. The van der Waals surface area contributed by atoms with Gasteiger partial charge >= 0.3 is 11.9 Å². The van der Waals surface area contributed by atoms with Crippen molar-refractivity contribution in [1.82, 2.24) is 0 Å². The van der Waals surface area contributed by atoms with Crippen LogP contribution >= 0.6 is 0 Å². The molecule has 0 aliphatic rings. The molecular formula is C50H50O6. The Labute approximate surface area is 330 Å². The molecule has 0 saturated carbocycles. The second-order valence-electron chi connectivity index (χ2n) is 13.8. The van der Waals surface area contributed by atoms with Crippen molar-refractivity contribution in [1.29, 1.82) is 0 Å². The average molecular weight is 747 g/mol. The highest BCUT2D eigenvalue weighted by Crippen LogP contribution is 2.46. The fourth-order valence-electron chi connectivity index (χ4n) is 6.75. The summed E-state index contributed by atoms with van der Waals surface area (Å²) in [5, 5.41) is 3.59. The highest BCUT2D eigenvalue weighted by molar-refractivity contribution is 6.11. The van der Waals surface area contributed by atoms with Gasteiger partial charge in [0.1, 0.15) is 23.0 Å². The summed E-state index contributed by atoms with van der Waals surface area (Å²) in [5.41, 5.74) is 2.08. The first-order valence-electron chi connectivity index (χ1n) is 19.7. The molecule has 0 spiro atoms. The minimum Gasteiger partial charge on any atom is -0.494 e. The van der Waals surface area contributed by atoms with Gasteiger partial charge < -0.3 is 18.9 Å². The van der Waals surface area contributed by atoms with E-state index in [0.717, 1.165) is 85.8 Å². The Kier molecular flexibility index (Phi) is 14.5. The number of carbonyl (C=O) groups excluding carboxylic acids is 2. The van der Waals surface area contributed by atoms with Gasteiger partial charge in [-0.2, -0.15) is 0 Å². The average Bonchev–Trinajstić information content (AvgIpc) is 3.23. The fourth-order valence-corrected chi connectivity index (χ4v) is 6.75. The molecule has 6 rings (SSSR count). The van der Waals surface area contributed by atoms with Crippen LogP contribution in [0.3, 0.4) is 0 Å². The lowest BCUT2D eigenvalue weighted by Crippen LogP contribution is -2.11. The highest BCUT2D eigenvalue weighted by atomic mass is 16.5. The molecule has 6 aromatic carbocycles. The molecule has 0 heterocycles. The molecule has 0 aliphatic carbocycles. The van der Waals surface area contributed by atoms with E-state index in [4.69, 9.17) is 18.9 Å². The van der Waals surface area contributed by atoms with E-state index in [2.05, 4.69) is 13.2 Å². The molecule has 0 bridgehead atoms. The van der Waals surface area contributed by atoms with Crippen LogP contribution in [0.25, 0.3) is 32.7 Å². The van der Waals surface area contributed by atoms with Crippen LogP contribution in [0.2, 0.25) is 0 Å². The minimum atomic E-state index is -0.510.